The molecule has 2 atom stereocenters. The van der Waals surface area contributed by atoms with Gasteiger partial charge in [0.1, 0.15) is 11.6 Å². The second-order valence-electron chi connectivity index (χ2n) is 6.57. The van der Waals surface area contributed by atoms with Gasteiger partial charge in [0.05, 0.1) is 19.2 Å². The number of aryl methyl sites for hydroxylation is 1. The number of nitrogens with zero attached hydrogens (tertiary/aromatic N) is 3. The largest absolute Gasteiger partial charge is 0.496 e. The molecule has 0 aliphatic carbocycles. The van der Waals surface area contributed by atoms with Crippen LogP contribution in [0, 0.1) is 18.7 Å². The lowest BCUT2D eigenvalue weighted by Gasteiger charge is -2.18. The second kappa shape index (κ2) is 6.84. The topological polar surface area (TPSA) is 73.4 Å². The number of rotatable bonds is 5. The summed E-state index contributed by atoms with van der Waals surface area (Å²) in [4.78, 5) is 14.1. The van der Waals surface area contributed by atoms with Gasteiger partial charge in [0.15, 0.2) is 0 Å². The van der Waals surface area contributed by atoms with E-state index in [1.54, 1.807) is 17.9 Å². The number of methoxy groups -OCH3 is 1. The Hall–Kier alpha value is -2.41. The average molecular weight is 346 g/mol. The summed E-state index contributed by atoms with van der Waals surface area (Å²) < 4.78 is 20.7. The van der Waals surface area contributed by atoms with E-state index in [0.29, 0.717) is 25.4 Å². The van der Waals surface area contributed by atoms with Crippen molar-refractivity contribution in [3.63, 3.8) is 0 Å². The van der Waals surface area contributed by atoms with Crippen LogP contribution in [0.3, 0.4) is 0 Å². The number of benzene rings is 1. The molecule has 25 heavy (non-hydrogen) atoms. The monoisotopic (exact) mass is 346 g/mol. The standard InChI is InChI=1S/C18H23FN4O2/c1-11-14(7-21-22(11)2)15-9-23(10-16(15)18(20)24)8-12-6-13(19)4-5-17(12)25-3/h4-7,15-16H,8-10H2,1-3H3,(H2,20,24)/t15-,16+/m1/s1. The van der Waals surface area contributed by atoms with Crippen molar-refractivity contribution in [2.45, 2.75) is 19.4 Å². The summed E-state index contributed by atoms with van der Waals surface area (Å²) >= 11 is 0. The van der Waals surface area contributed by atoms with Gasteiger partial charge in [0.25, 0.3) is 0 Å². The van der Waals surface area contributed by atoms with Crippen LogP contribution >= 0.6 is 0 Å². The average Bonchev–Trinajstić information content (AvgIpc) is 3.12. The maximum atomic E-state index is 13.6. The molecule has 6 nitrogen and oxygen atoms in total. The summed E-state index contributed by atoms with van der Waals surface area (Å²) in [5.41, 5.74) is 8.47. The molecule has 0 unspecified atom stereocenters. The Bertz CT molecular complexity index is 789. The molecule has 7 heteroatoms. The number of hydrogen-bond donors (Lipinski definition) is 1. The van der Waals surface area contributed by atoms with E-state index in [2.05, 4.69) is 10.00 Å². The lowest BCUT2D eigenvalue weighted by Crippen LogP contribution is -2.29. The van der Waals surface area contributed by atoms with Crippen molar-refractivity contribution < 1.29 is 13.9 Å². The molecule has 0 saturated carbocycles. The Morgan fingerprint density at radius 3 is 2.80 bits per heavy atom. The molecular formula is C18H23FN4O2. The van der Waals surface area contributed by atoms with E-state index in [-0.39, 0.29) is 23.6 Å². The fourth-order valence-corrected chi connectivity index (χ4v) is 3.61. The maximum absolute atomic E-state index is 13.6. The summed E-state index contributed by atoms with van der Waals surface area (Å²) in [6.07, 6.45) is 1.81. The summed E-state index contributed by atoms with van der Waals surface area (Å²) in [7, 11) is 3.44. The maximum Gasteiger partial charge on any atom is 0.222 e. The highest BCUT2D eigenvalue weighted by atomic mass is 19.1. The van der Waals surface area contributed by atoms with Crippen molar-refractivity contribution in [1.82, 2.24) is 14.7 Å². The normalized spacial score (nSPS) is 20.8. The number of carbonyl (C=O) groups excluding carboxylic acids is 1. The quantitative estimate of drug-likeness (QED) is 0.892. The third-order valence-electron chi connectivity index (χ3n) is 5.07. The molecule has 1 aliphatic rings. The number of aromatic nitrogens is 2. The van der Waals surface area contributed by atoms with E-state index in [0.717, 1.165) is 16.8 Å². The Morgan fingerprint density at radius 2 is 2.20 bits per heavy atom. The summed E-state index contributed by atoms with van der Waals surface area (Å²) in [6, 6.07) is 4.47. The van der Waals surface area contributed by atoms with Gasteiger partial charge in [-0.3, -0.25) is 14.4 Å². The minimum atomic E-state index is -0.318. The number of halogens is 1. The summed E-state index contributed by atoms with van der Waals surface area (Å²) in [5, 5.41) is 4.28. The molecule has 1 fully saturated rings. The molecule has 1 aromatic carbocycles. The Kier molecular flexibility index (Phi) is 4.76. The highest BCUT2D eigenvalue weighted by Crippen LogP contribution is 2.35. The van der Waals surface area contributed by atoms with E-state index >= 15 is 0 Å². The molecular weight excluding hydrogens is 323 g/mol. The van der Waals surface area contributed by atoms with Crippen LogP contribution in [-0.4, -0.2) is 40.8 Å². The first-order valence-electron chi connectivity index (χ1n) is 8.23. The second-order valence-corrected chi connectivity index (χ2v) is 6.57. The molecule has 2 aromatic rings. The smallest absolute Gasteiger partial charge is 0.222 e. The van der Waals surface area contributed by atoms with E-state index in [1.807, 2.05) is 20.2 Å². The zero-order valence-electron chi connectivity index (χ0n) is 14.7. The van der Waals surface area contributed by atoms with E-state index in [9.17, 15) is 9.18 Å². The van der Waals surface area contributed by atoms with Gasteiger partial charge in [-0.1, -0.05) is 0 Å². The number of hydrogen-bond acceptors (Lipinski definition) is 4. The first-order valence-corrected chi connectivity index (χ1v) is 8.23. The first kappa shape index (κ1) is 17.4. The van der Waals surface area contributed by atoms with Gasteiger partial charge in [0.2, 0.25) is 5.91 Å². The third kappa shape index (κ3) is 3.37. The van der Waals surface area contributed by atoms with Crippen molar-refractivity contribution in [3.05, 3.63) is 47.0 Å². The predicted molar refractivity (Wildman–Crippen MR) is 91.6 cm³/mol. The molecule has 1 saturated heterocycles. The Labute approximate surface area is 146 Å². The molecule has 1 aromatic heterocycles. The van der Waals surface area contributed by atoms with Crippen molar-refractivity contribution in [3.8, 4) is 5.75 Å². The number of primary amides is 1. The van der Waals surface area contributed by atoms with Crippen LogP contribution in [0.1, 0.15) is 22.7 Å². The summed E-state index contributed by atoms with van der Waals surface area (Å²) in [5.74, 6) is -0.283. The van der Waals surface area contributed by atoms with Gasteiger partial charge in [-0.15, -0.1) is 0 Å². The van der Waals surface area contributed by atoms with Gasteiger partial charge in [-0.25, -0.2) is 4.39 Å². The van der Waals surface area contributed by atoms with E-state index < -0.39 is 0 Å². The minimum absolute atomic E-state index is 0.00856. The van der Waals surface area contributed by atoms with Crippen LogP contribution < -0.4 is 10.5 Å². The molecule has 2 N–H and O–H groups in total. The van der Waals surface area contributed by atoms with Crippen LogP contribution in [0.15, 0.2) is 24.4 Å². The summed E-state index contributed by atoms with van der Waals surface area (Å²) in [6.45, 7) is 3.69. The molecule has 3 rings (SSSR count). The predicted octanol–water partition coefficient (Wildman–Crippen LogP) is 1.58. The number of ether oxygens (including phenoxy) is 1. The molecule has 1 aliphatic heterocycles. The fourth-order valence-electron chi connectivity index (χ4n) is 3.61. The molecule has 0 bridgehead atoms. The van der Waals surface area contributed by atoms with E-state index in [1.165, 1.54) is 12.1 Å². The van der Waals surface area contributed by atoms with Gasteiger partial charge in [-0.05, 0) is 30.7 Å². The lowest BCUT2D eigenvalue weighted by atomic mass is 9.89. The van der Waals surface area contributed by atoms with Gasteiger partial charge < -0.3 is 10.5 Å². The lowest BCUT2D eigenvalue weighted by molar-refractivity contribution is -0.121. The van der Waals surface area contributed by atoms with Crippen LogP contribution in [0.25, 0.3) is 0 Å². The number of carbonyl (C=O) groups is 1. The zero-order chi connectivity index (χ0) is 18.1. The van der Waals surface area contributed by atoms with Crippen molar-refractivity contribution >= 4 is 5.91 Å². The van der Waals surface area contributed by atoms with Crippen LogP contribution in [0.4, 0.5) is 4.39 Å². The fraction of sp³-hybridized carbons (Fsp3) is 0.444. The third-order valence-corrected chi connectivity index (χ3v) is 5.07. The Balaban J connectivity index is 1.84. The van der Waals surface area contributed by atoms with Crippen molar-refractivity contribution in [2.24, 2.45) is 18.7 Å². The zero-order valence-corrected chi connectivity index (χ0v) is 14.7. The molecule has 0 spiro atoms. The van der Waals surface area contributed by atoms with Gasteiger partial charge in [0, 0.05) is 43.9 Å². The van der Waals surface area contributed by atoms with Crippen LogP contribution in [0.2, 0.25) is 0 Å². The van der Waals surface area contributed by atoms with Gasteiger partial charge >= 0.3 is 0 Å². The highest BCUT2D eigenvalue weighted by molar-refractivity contribution is 5.78. The number of likely N-dealkylation sites (tertiary alicyclic amines) is 1. The molecule has 134 valence electrons. The van der Waals surface area contributed by atoms with Crippen LogP contribution in [0.5, 0.6) is 5.75 Å². The van der Waals surface area contributed by atoms with Crippen LogP contribution in [-0.2, 0) is 18.4 Å². The van der Waals surface area contributed by atoms with Crippen molar-refractivity contribution in [1.29, 1.82) is 0 Å². The van der Waals surface area contributed by atoms with Crippen molar-refractivity contribution in [2.75, 3.05) is 20.2 Å². The number of nitrogens with two attached hydrogens (primary N) is 1. The molecule has 0 radical (unpaired) electrons. The first-order chi connectivity index (χ1) is 11.9. The highest BCUT2D eigenvalue weighted by Gasteiger charge is 2.39. The molecule has 2 heterocycles. The molecule has 1 amide bonds. The number of amides is 1. The minimum Gasteiger partial charge on any atom is -0.496 e. The Morgan fingerprint density at radius 1 is 1.44 bits per heavy atom. The van der Waals surface area contributed by atoms with Gasteiger partial charge in [-0.2, -0.15) is 5.10 Å². The SMILES string of the molecule is COc1ccc(F)cc1CN1C[C@H](C(N)=O)[C@@H](c2cnn(C)c2C)C1. The van der Waals surface area contributed by atoms with E-state index in [4.69, 9.17) is 10.5 Å².